The average molecular weight is 273 g/mol. The number of carbonyl (C=O) groups is 1. The number of hydrogen-bond donors (Lipinski definition) is 1. The molecule has 1 N–H and O–H groups in total. The van der Waals surface area contributed by atoms with E-state index < -0.39 is 22.8 Å². The van der Waals surface area contributed by atoms with Crippen LogP contribution in [-0.4, -0.2) is 32.8 Å². The molecular weight excluding hydrogens is 253 g/mol. The molecule has 0 aromatic rings. The molecule has 0 aromatic carbocycles. The maximum atomic E-state index is 11.2. The fourth-order valence-electron chi connectivity index (χ4n) is 1.03. The van der Waals surface area contributed by atoms with Crippen molar-refractivity contribution >= 4 is 17.2 Å². The molecule has 1 amide bonds. The molecular formula is C10H20NNaO4S. The van der Waals surface area contributed by atoms with Crippen molar-refractivity contribution in [2.75, 3.05) is 12.3 Å². The molecule has 0 heterocycles. The van der Waals surface area contributed by atoms with Crippen molar-refractivity contribution < 1.29 is 47.9 Å². The number of ether oxygens (including phenoxy) is 1. The Morgan fingerprint density at radius 3 is 2.35 bits per heavy atom. The van der Waals surface area contributed by atoms with E-state index in [4.69, 9.17) is 4.74 Å². The second-order valence-electron chi connectivity index (χ2n) is 4.50. The van der Waals surface area contributed by atoms with Gasteiger partial charge in [-0.3, -0.25) is 4.21 Å². The molecule has 96 valence electrons. The van der Waals surface area contributed by atoms with E-state index in [0.717, 1.165) is 12.8 Å². The number of alkyl carbamates (subject to hydrolysis) is 1. The summed E-state index contributed by atoms with van der Waals surface area (Å²) in [5.41, 5.74) is -0.483. The molecule has 0 bridgehead atoms. The fraction of sp³-hybridized carbons (Fsp3) is 0.900. The van der Waals surface area contributed by atoms with Crippen molar-refractivity contribution in [3.63, 3.8) is 0 Å². The molecule has 0 aliphatic carbocycles. The summed E-state index contributed by atoms with van der Waals surface area (Å²) in [7, 11) is 0. The molecule has 17 heavy (non-hydrogen) atoms. The molecule has 0 rings (SSSR count). The van der Waals surface area contributed by atoms with Crippen molar-refractivity contribution in [1.82, 2.24) is 5.32 Å². The molecule has 0 spiro atoms. The number of rotatable bonds is 6. The predicted octanol–water partition coefficient (Wildman–Crippen LogP) is -1.44. The van der Waals surface area contributed by atoms with Gasteiger partial charge in [0.05, 0.1) is 0 Å². The molecule has 5 nitrogen and oxygen atoms in total. The minimum absolute atomic E-state index is 0. The van der Waals surface area contributed by atoms with Gasteiger partial charge in [0.15, 0.2) is 0 Å². The molecule has 0 aliphatic heterocycles. The van der Waals surface area contributed by atoms with Gasteiger partial charge in [-0.15, -0.1) is 0 Å². The van der Waals surface area contributed by atoms with E-state index in [1.807, 2.05) is 0 Å². The third kappa shape index (κ3) is 16.4. The van der Waals surface area contributed by atoms with Crippen LogP contribution in [0, 0.1) is 0 Å². The van der Waals surface area contributed by atoms with E-state index in [9.17, 15) is 13.6 Å². The monoisotopic (exact) mass is 273 g/mol. The quantitative estimate of drug-likeness (QED) is 0.365. The van der Waals surface area contributed by atoms with Gasteiger partial charge in [0, 0.05) is 12.3 Å². The maximum Gasteiger partial charge on any atom is 1.00 e. The van der Waals surface area contributed by atoms with Gasteiger partial charge < -0.3 is 14.6 Å². The van der Waals surface area contributed by atoms with Gasteiger partial charge in [0.25, 0.3) is 0 Å². The zero-order chi connectivity index (χ0) is 12.6. The van der Waals surface area contributed by atoms with E-state index in [1.54, 1.807) is 20.8 Å². The minimum atomic E-state index is -1.96. The van der Waals surface area contributed by atoms with Crippen LogP contribution >= 0.6 is 0 Å². The number of carbonyl (C=O) groups excluding carboxylic acids is 1. The second-order valence-corrected chi connectivity index (χ2v) is 5.51. The van der Waals surface area contributed by atoms with Crippen LogP contribution in [-0.2, 0) is 15.8 Å². The first kappa shape index (κ1) is 19.7. The van der Waals surface area contributed by atoms with Gasteiger partial charge in [-0.2, -0.15) is 0 Å². The van der Waals surface area contributed by atoms with Crippen molar-refractivity contribution in [3.8, 4) is 0 Å². The van der Waals surface area contributed by atoms with Crippen molar-refractivity contribution in [2.24, 2.45) is 0 Å². The molecule has 0 aromatic heterocycles. The standard InChI is InChI=1S/C10H21NO4S.Na/c1-10(2,3)15-9(12)11-7-5-4-6-8-16(13)14;/h4-8H2,1-3H3,(H,11,12)(H,13,14);/q;+1/p-1. The third-order valence-corrected chi connectivity index (χ3v) is 2.28. The van der Waals surface area contributed by atoms with Crippen LogP contribution < -0.4 is 34.9 Å². The zero-order valence-corrected chi connectivity index (χ0v) is 13.9. The van der Waals surface area contributed by atoms with Crippen LogP contribution in [0.3, 0.4) is 0 Å². The Bertz CT molecular complexity index is 243. The molecule has 0 fully saturated rings. The van der Waals surface area contributed by atoms with Gasteiger partial charge in [0.2, 0.25) is 0 Å². The van der Waals surface area contributed by atoms with Gasteiger partial charge in [-0.25, -0.2) is 4.79 Å². The minimum Gasteiger partial charge on any atom is -0.772 e. The van der Waals surface area contributed by atoms with Crippen molar-refractivity contribution in [1.29, 1.82) is 0 Å². The van der Waals surface area contributed by atoms with Gasteiger partial charge >= 0.3 is 35.7 Å². The van der Waals surface area contributed by atoms with Gasteiger partial charge in [-0.05, 0) is 33.6 Å². The van der Waals surface area contributed by atoms with E-state index in [-0.39, 0.29) is 35.3 Å². The Kier molecular flexibility index (Phi) is 12.0. The molecule has 0 saturated heterocycles. The molecule has 1 unspecified atom stereocenters. The van der Waals surface area contributed by atoms with Crippen LogP contribution in [0.15, 0.2) is 0 Å². The Morgan fingerprint density at radius 2 is 1.88 bits per heavy atom. The summed E-state index contributed by atoms with van der Waals surface area (Å²) in [6.45, 7) is 5.92. The molecule has 1 atom stereocenters. The van der Waals surface area contributed by atoms with Crippen LogP contribution in [0.1, 0.15) is 40.0 Å². The molecule has 0 aliphatic rings. The third-order valence-electron chi connectivity index (χ3n) is 1.66. The van der Waals surface area contributed by atoms with Crippen LogP contribution in [0.25, 0.3) is 0 Å². The van der Waals surface area contributed by atoms with Crippen molar-refractivity contribution in [2.45, 2.75) is 45.6 Å². The van der Waals surface area contributed by atoms with E-state index >= 15 is 0 Å². The largest absolute Gasteiger partial charge is 1.00 e. The first-order valence-electron chi connectivity index (χ1n) is 5.34. The van der Waals surface area contributed by atoms with E-state index in [2.05, 4.69) is 5.32 Å². The first-order chi connectivity index (χ1) is 7.31. The molecule has 0 saturated carbocycles. The number of nitrogens with one attached hydrogen (secondary N) is 1. The summed E-state index contributed by atoms with van der Waals surface area (Å²) >= 11 is -1.96. The fourth-order valence-corrected chi connectivity index (χ4v) is 1.47. The normalized spacial score (nSPS) is 12.5. The van der Waals surface area contributed by atoms with Crippen LogP contribution in [0.2, 0.25) is 0 Å². The smallest absolute Gasteiger partial charge is 0.772 e. The summed E-state index contributed by atoms with van der Waals surface area (Å²) < 4.78 is 25.4. The molecule has 0 radical (unpaired) electrons. The summed E-state index contributed by atoms with van der Waals surface area (Å²) in [6, 6.07) is 0. The SMILES string of the molecule is CC(C)(C)OC(=O)NCCCCCS(=O)[O-].[Na+]. The summed E-state index contributed by atoms with van der Waals surface area (Å²) in [6.07, 6.45) is 1.74. The van der Waals surface area contributed by atoms with E-state index in [1.165, 1.54) is 0 Å². The summed E-state index contributed by atoms with van der Waals surface area (Å²) in [5.74, 6) is 0.187. The Balaban J connectivity index is 0. The topological polar surface area (TPSA) is 78.5 Å². The predicted molar refractivity (Wildman–Crippen MR) is 61.9 cm³/mol. The first-order valence-corrected chi connectivity index (χ1v) is 6.58. The number of unbranched alkanes of at least 4 members (excludes halogenated alkanes) is 2. The second kappa shape index (κ2) is 10.3. The van der Waals surface area contributed by atoms with E-state index in [0.29, 0.717) is 13.0 Å². The van der Waals surface area contributed by atoms with Crippen LogP contribution in [0.5, 0.6) is 0 Å². The average Bonchev–Trinajstić information content (AvgIpc) is 2.07. The van der Waals surface area contributed by atoms with Gasteiger partial charge in [-0.1, -0.05) is 17.5 Å². The zero-order valence-electron chi connectivity index (χ0n) is 11.1. The Morgan fingerprint density at radius 1 is 1.29 bits per heavy atom. The molecule has 7 heteroatoms. The van der Waals surface area contributed by atoms with Crippen LogP contribution in [0.4, 0.5) is 4.79 Å². The Labute approximate surface area is 128 Å². The summed E-state index contributed by atoms with van der Waals surface area (Å²) in [5, 5.41) is 2.61. The maximum absolute atomic E-state index is 11.2. The number of amides is 1. The summed E-state index contributed by atoms with van der Waals surface area (Å²) in [4.78, 5) is 11.2. The van der Waals surface area contributed by atoms with Gasteiger partial charge in [0.1, 0.15) is 5.60 Å². The Hall–Kier alpha value is 0.380. The number of hydrogen-bond acceptors (Lipinski definition) is 4. The van der Waals surface area contributed by atoms with Crippen molar-refractivity contribution in [3.05, 3.63) is 0 Å².